The van der Waals surface area contributed by atoms with Crippen molar-refractivity contribution in [3.63, 3.8) is 0 Å². The number of nitrogens with zero attached hydrogens (tertiary/aromatic N) is 2. The highest BCUT2D eigenvalue weighted by atomic mass is 35.5. The molecule has 3 aromatic rings. The number of halogens is 1. The molecule has 27 heavy (non-hydrogen) atoms. The summed E-state index contributed by atoms with van der Waals surface area (Å²) in [7, 11) is 1.65. The van der Waals surface area contributed by atoms with Crippen LogP contribution in [0.5, 0.6) is 0 Å². The second kappa shape index (κ2) is 8.05. The maximum Gasteiger partial charge on any atom is 0.272 e. The third-order valence-electron chi connectivity index (χ3n) is 4.12. The van der Waals surface area contributed by atoms with Gasteiger partial charge in [0.15, 0.2) is 5.69 Å². The Bertz CT molecular complexity index is 969. The van der Waals surface area contributed by atoms with Crippen LogP contribution >= 0.6 is 11.6 Å². The molecule has 0 radical (unpaired) electrons. The molecule has 0 aliphatic rings. The van der Waals surface area contributed by atoms with E-state index in [2.05, 4.69) is 15.7 Å². The van der Waals surface area contributed by atoms with Crippen molar-refractivity contribution in [1.29, 1.82) is 0 Å². The van der Waals surface area contributed by atoms with Crippen LogP contribution in [0.4, 0.5) is 5.82 Å². The molecule has 0 fully saturated rings. The Labute approximate surface area is 162 Å². The molecule has 1 unspecified atom stereocenters. The predicted octanol–water partition coefficient (Wildman–Crippen LogP) is 3.82. The minimum absolute atomic E-state index is 0.165. The van der Waals surface area contributed by atoms with Crippen LogP contribution in [0.3, 0.4) is 0 Å². The fraction of sp³-hybridized carbons (Fsp3) is 0.150. The quantitative estimate of drug-likeness (QED) is 0.704. The van der Waals surface area contributed by atoms with E-state index in [4.69, 9.17) is 11.6 Å². The molecule has 3 rings (SSSR count). The van der Waals surface area contributed by atoms with Crippen LogP contribution in [0.25, 0.3) is 0 Å². The normalized spacial score (nSPS) is 11.7. The number of aryl methyl sites for hydroxylation is 1. The Hall–Kier alpha value is -3.12. The van der Waals surface area contributed by atoms with Gasteiger partial charge in [0.1, 0.15) is 5.82 Å². The molecule has 1 aromatic heterocycles. The van der Waals surface area contributed by atoms with Crippen LogP contribution in [0.2, 0.25) is 5.02 Å². The van der Waals surface area contributed by atoms with Gasteiger partial charge in [-0.25, -0.2) is 0 Å². The van der Waals surface area contributed by atoms with Gasteiger partial charge in [-0.15, -0.1) is 0 Å². The molecule has 2 aromatic carbocycles. The summed E-state index contributed by atoms with van der Waals surface area (Å²) in [4.78, 5) is 24.9. The summed E-state index contributed by atoms with van der Waals surface area (Å²) < 4.78 is 1.44. The van der Waals surface area contributed by atoms with Crippen molar-refractivity contribution in [2.75, 3.05) is 5.32 Å². The summed E-state index contributed by atoms with van der Waals surface area (Å²) in [5, 5.41) is 10.2. The number of anilines is 1. The fourth-order valence-corrected chi connectivity index (χ4v) is 2.84. The van der Waals surface area contributed by atoms with Gasteiger partial charge in [-0.3, -0.25) is 14.3 Å². The Morgan fingerprint density at radius 1 is 1.04 bits per heavy atom. The molecular weight excluding hydrogens is 364 g/mol. The average Bonchev–Trinajstić information content (AvgIpc) is 3.03. The van der Waals surface area contributed by atoms with Crippen LogP contribution in [0, 0.1) is 0 Å². The molecule has 0 bridgehead atoms. The summed E-state index contributed by atoms with van der Waals surface area (Å²) >= 11 is 6.05. The van der Waals surface area contributed by atoms with E-state index in [-0.39, 0.29) is 23.6 Å². The van der Waals surface area contributed by atoms with Gasteiger partial charge in [-0.1, -0.05) is 54.1 Å². The lowest BCUT2D eigenvalue weighted by atomic mass is 10.1. The summed E-state index contributed by atoms with van der Waals surface area (Å²) in [5.74, 6) is -0.286. The highest BCUT2D eigenvalue weighted by Crippen LogP contribution is 2.18. The van der Waals surface area contributed by atoms with Gasteiger partial charge in [-0.05, 0) is 24.6 Å². The van der Waals surface area contributed by atoms with E-state index >= 15 is 0 Å². The highest BCUT2D eigenvalue weighted by Gasteiger charge is 2.18. The molecule has 138 valence electrons. The first-order valence-electron chi connectivity index (χ1n) is 8.41. The average molecular weight is 383 g/mol. The van der Waals surface area contributed by atoms with Gasteiger partial charge in [0, 0.05) is 13.1 Å². The number of hydrogen-bond donors (Lipinski definition) is 2. The second-order valence-corrected chi connectivity index (χ2v) is 6.49. The fourth-order valence-electron chi connectivity index (χ4n) is 2.62. The van der Waals surface area contributed by atoms with E-state index in [1.807, 2.05) is 37.3 Å². The van der Waals surface area contributed by atoms with Crippen LogP contribution in [-0.2, 0) is 7.05 Å². The van der Waals surface area contributed by atoms with Crippen molar-refractivity contribution < 1.29 is 9.59 Å². The van der Waals surface area contributed by atoms with Crippen LogP contribution in [0.1, 0.15) is 39.4 Å². The van der Waals surface area contributed by atoms with Crippen LogP contribution in [-0.4, -0.2) is 21.6 Å². The molecule has 6 nitrogen and oxygen atoms in total. The lowest BCUT2D eigenvalue weighted by Gasteiger charge is -2.12. The van der Waals surface area contributed by atoms with Gasteiger partial charge >= 0.3 is 0 Å². The molecule has 1 heterocycles. The van der Waals surface area contributed by atoms with E-state index in [0.29, 0.717) is 16.4 Å². The number of carbonyl (C=O) groups is 2. The zero-order chi connectivity index (χ0) is 19.4. The third-order valence-corrected chi connectivity index (χ3v) is 4.45. The second-order valence-electron chi connectivity index (χ2n) is 6.08. The van der Waals surface area contributed by atoms with E-state index in [9.17, 15) is 9.59 Å². The molecular formula is C20H19ClN4O2. The molecule has 0 aliphatic carbocycles. The van der Waals surface area contributed by atoms with Crippen molar-refractivity contribution in [3.05, 3.63) is 82.5 Å². The van der Waals surface area contributed by atoms with E-state index in [1.54, 1.807) is 31.3 Å². The van der Waals surface area contributed by atoms with Gasteiger partial charge in [0.25, 0.3) is 11.8 Å². The monoisotopic (exact) mass is 382 g/mol. The lowest BCUT2D eigenvalue weighted by molar-refractivity contribution is 0.0933. The zero-order valence-electron chi connectivity index (χ0n) is 14.9. The smallest absolute Gasteiger partial charge is 0.272 e. The van der Waals surface area contributed by atoms with E-state index < -0.39 is 0 Å². The van der Waals surface area contributed by atoms with Gasteiger partial charge in [-0.2, -0.15) is 5.10 Å². The van der Waals surface area contributed by atoms with E-state index in [1.165, 1.54) is 10.7 Å². The standard InChI is InChI=1S/C20H19ClN4O2/c1-13(14-8-4-3-5-9-14)22-20(27)17-12-18(25(2)24-17)23-19(26)15-10-6-7-11-16(15)21/h3-13H,1-2H3,(H,22,27)(H,23,26). The molecule has 0 saturated carbocycles. The van der Waals surface area contributed by atoms with Crippen LogP contribution < -0.4 is 10.6 Å². The Morgan fingerprint density at radius 3 is 2.41 bits per heavy atom. The Kier molecular flexibility index (Phi) is 5.57. The maximum absolute atomic E-state index is 12.5. The summed E-state index contributed by atoms with van der Waals surface area (Å²) in [5.41, 5.74) is 1.56. The first-order valence-corrected chi connectivity index (χ1v) is 8.79. The van der Waals surface area contributed by atoms with Gasteiger partial charge < -0.3 is 10.6 Å². The van der Waals surface area contributed by atoms with Crippen molar-refractivity contribution in [1.82, 2.24) is 15.1 Å². The Morgan fingerprint density at radius 2 is 1.70 bits per heavy atom. The number of amides is 2. The van der Waals surface area contributed by atoms with Gasteiger partial charge in [0.2, 0.25) is 0 Å². The number of rotatable bonds is 5. The first kappa shape index (κ1) is 18.7. The number of carbonyl (C=O) groups excluding carboxylic acids is 2. The molecule has 0 saturated heterocycles. The highest BCUT2D eigenvalue weighted by molar-refractivity contribution is 6.34. The van der Waals surface area contributed by atoms with Crippen molar-refractivity contribution in [2.24, 2.45) is 7.05 Å². The van der Waals surface area contributed by atoms with Crippen molar-refractivity contribution in [3.8, 4) is 0 Å². The molecule has 2 N–H and O–H groups in total. The number of aromatic nitrogens is 2. The van der Waals surface area contributed by atoms with E-state index in [0.717, 1.165) is 5.56 Å². The SMILES string of the molecule is CC(NC(=O)c1cc(NC(=O)c2ccccc2Cl)n(C)n1)c1ccccc1. The zero-order valence-corrected chi connectivity index (χ0v) is 15.7. The first-order chi connectivity index (χ1) is 13.0. The molecule has 7 heteroatoms. The largest absolute Gasteiger partial charge is 0.344 e. The lowest BCUT2D eigenvalue weighted by Crippen LogP contribution is -2.27. The molecule has 1 atom stereocenters. The maximum atomic E-state index is 12.5. The van der Waals surface area contributed by atoms with Crippen molar-refractivity contribution in [2.45, 2.75) is 13.0 Å². The summed E-state index contributed by atoms with van der Waals surface area (Å²) in [6.45, 7) is 1.90. The molecule has 0 spiro atoms. The minimum Gasteiger partial charge on any atom is -0.344 e. The summed E-state index contributed by atoms with van der Waals surface area (Å²) in [6, 6.07) is 17.8. The molecule has 2 amide bonds. The molecule has 0 aliphatic heterocycles. The third kappa shape index (κ3) is 4.35. The summed E-state index contributed by atoms with van der Waals surface area (Å²) in [6.07, 6.45) is 0. The van der Waals surface area contributed by atoms with Gasteiger partial charge in [0.05, 0.1) is 16.6 Å². The van der Waals surface area contributed by atoms with Crippen molar-refractivity contribution >= 4 is 29.2 Å². The number of benzene rings is 2. The predicted molar refractivity (Wildman–Crippen MR) is 105 cm³/mol. The number of hydrogen-bond acceptors (Lipinski definition) is 3. The van der Waals surface area contributed by atoms with Crippen LogP contribution in [0.15, 0.2) is 60.7 Å². The minimum atomic E-state index is -0.367. The number of nitrogens with one attached hydrogen (secondary N) is 2. The topological polar surface area (TPSA) is 76.0 Å². The Balaban J connectivity index is 1.71.